The molecule has 0 aliphatic rings. The van der Waals surface area contributed by atoms with E-state index in [1.54, 1.807) is 30.5 Å². The van der Waals surface area contributed by atoms with Crippen molar-refractivity contribution in [2.24, 2.45) is 0 Å². The van der Waals surface area contributed by atoms with E-state index in [1.165, 1.54) is 10.6 Å². The number of carbonyl (C=O) groups is 1. The zero-order valence-corrected chi connectivity index (χ0v) is 10.9. The van der Waals surface area contributed by atoms with E-state index in [9.17, 15) is 9.90 Å². The largest absolute Gasteiger partial charge is 0.478 e. The van der Waals surface area contributed by atoms with E-state index in [2.05, 4.69) is 10.1 Å². The van der Waals surface area contributed by atoms with Crippen LogP contribution in [0.25, 0.3) is 16.8 Å². The lowest BCUT2D eigenvalue weighted by Crippen LogP contribution is -2.02. The quantitative estimate of drug-likeness (QED) is 0.755. The Bertz CT molecular complexity index is 811. The summed E-state index contributed by atoms with van der Waals surface area (Å²) in [6.07, 6.45) is 1.59. The number of fused-ring (bicyclic) bond motifs is 1. The third kappa shape index (κ3) is 2.06. The first kappa shape index (κ1) is 12.4. The minimum Gasteiger partial charge on any atom is -0.478 e. The molecule has 20 heavy (non-hydrogen) atoms. The summed E-state index contributed by atoms with van der Waals surface area (Å²) in [4.78, 5) is 15.3. The van der Waals surface area contributed by atoms with Crippen LogP contribution in [-0.4, -0.2) is 25.7 Å². The van der Waals surface area contributed by atoms with E-state index in [0.717, 1.165) is 5.56 Å². The van der Waals surface area contributed by atoms with Crippen LogP contribution in [0.5, 0.6) is 0 Å². The fraction of sp³-hybridized carbons (Fsp3) is 0. The van der Waals surface area contributed by atoms with Crippen molar-refractivity contribution in [2.45, 2.75) is 0 Å². The van der Waals surface area contributed by atoms with Gasteiger partial charge in [0, 0.05) is 16.8 Å². The zero-order valence-electron chi connectivity index (χ0n) is 10.1. The fourth-order valence-electron chi connectivity index (χ4n) is 1.98. The molecule has 7 heteroatoms. The van der Waals surface area contributed by atoms with Crippen molar-refractivity contribution in [3.8, 4) is 11.1 Å². The highest BCUT2D eigenvalue weighted by Crippen LogP contribution is 2.26. The van der Waals surface area contributed by atoms with Crippen LogP contribution in [0.2, 0.25) is 5.02 Å². The van der Waals surface area contributed by atoms with Gasteiger partial charge < -0.3 is 10.8 Å². The molecule has 0 unspecified atom stereocenters. The highest BCUT2D eigenvalue weighted by atomic mass is 35.5. The molecular weight excluding hydrogens is 280 g/mol. The maximum Gasteiger partial charge on any atom is 0.336 e. The number of benzene rings is 1. The second kappa shape index (κ2) is 4.50. The maximum absolute atomic E-state index is 11.4. The number of carboxylic acids is 1. The summed E-state index contributed by atoms with van der Waals surface area (Å²) < 4.78 is 1.45. The predicted octanol–water partition coefficient (Wildman–Crippen LogP) is 2.33. The molecule has 0 bridgehead atoms. The number of aromatic carboxylic acids is 1. The van der Waals surface area contributed by atoms with Crippen molar-refractivity contribution < 1.29 is 9.90 Å². The number of nitrogen functional groups attached to an aromatic ring is 1. The van der Waals surface area contributed by atoms with E-state index >= 15 is 0 Å². The first-order chi connectivity index (χ1) is 9.54. The summed E-state index contributed by atoms with van der Waals surface area (Å²) in [5, 5.41) is 13.9. The Morgan fingerprint density at radius 2 is 2.00 bits per heavy atom. The molecule has 3 rings (SSSR count). The van der Waals surface area contributed by atoms with Crippen LogP contribution in [0.15, 0.2) is 36.5 Å². The zero-order chi connectivity index (χ0) is 14.3. The normalized spacial score (nSPS) is 10.8. The molecule has 1 aromatic carbocycles. The van der Waals surface area contributed by atoms with Gasteiger partial charge in [0.25, 0.3) is 0 Å². The Balaban J connectivity index is 2.28. The van der Waals surface area contributed by atoms with Crippen molar-refractivity contribution in [1.82, 2.24) is 14.6 Å². The van der Waals surface area contributed by atoms with Crippen LogP contribution < -0.4 is 5.73 Å². The predicted molar refractivity (Wildman–Crippen MR) is 74.8 cm³/mol. The number of nitrogens with zero attached hydrogens (tertiary/aromatic N) is 3. The SMILES string of the molecule is Nc1nc2cc(C(=O)O)c(-c3ccc(Cl)cc3)cn2n1. The van der Waals surface area contributed by atoms with Crippen LogP contribution in [0.3, 0.4) is 0 Å². The van der Waals surface area contributed by atoms with E-state index in [-0.39, 0.29) is 11.5 Å². The average Bonchev–Trinajstić information content (AvgIpc) is 2.77. The summed E-state index contributed by atoms with van der Waals surface area (Å²) >= 11 is 5.84. The monoisotopic (exact) mass is 288 g/mol. The summed E-state index contributed by atoms with van der Waals surface area (Å²) in [6, 6.07) is 8.33. The van der Waals surface area contributed by atoms with Gasteiger partial charge in [-0.25, -0.2) is 9.31 Å². The first-order valence-electron chi connectivity index (χ1n) is 5.70. The van der Waals surface area contributed by atoms with Crippen LogP contribution in [0, 0.1) is 0 Å². The average molecular weight is 289 g/mol. The molecule has 0 fully saturated rings. The molecule has 0 aliphatic carbocycles. The maximum atomic E-state index is 11.4. The Hall–Kier alpha value is -2.60. The van der Waals surface area contributed by atoms with Gasteiger partial charge in [-0.1, -0.05) is 23.7 Å². The third-order valence-corrected chi connectivity index (χ3v) is 3.13. The molecule has 6 nitrogen and oxygen atoms in total. The van der Waals surface area contributed by atoms with Crippen LogP contribution in [-0.2, 0) is 0 Å². The molecule has 0 atom stereocenters. The van der Waals surface area contributed by atoms with E-state index in [0.29, 0.717) is 16.2 Å². The second-order valence-electron chi connectivity index (χ2n) is 4.19. The second-order valence-corrected chi connectivity index (χ2v) is 4.62. The third-order valence-electron chi connectivity index (χ3n) is 2.87. The summed E-state index contributed by atoms with van der Waals surface area (Å²) in [7, 11) is 0. The van der Waals surface area contributed by atoms with Gasteiger partial charge in [-0.05, 0) is 23.8 Å². The Kier molecular flexibility index (Phi) is 2.80. The van der Waals surface area contributed by atoms with E-state index in [1.807, 2.05) is 0 Å². The molecule has 2 heterocycles. The van der Waals surface area contributed by atoms with Gasteiger partial charge in [-0.15, -0.1) is 5.10 Å². The minimum absolute atomic E-state index is 0.0922. The summed E-state index contributed by atoms with van der Waals surface area (Å²) in [5.74, 6) is -0.950. The standard InChI is InChI=1S/C13H9ClN4O2/c14-8-3-1-7(2-4-8)10-6-18-11(16-13(15)17-18)5-9(10)12(19)20/h1-6H,(H2,15,17)(H,19,20). The van der Waals surface area contributed by atoms with Gasteiger partial charge in [0.2, 0.25) is 5.95 Å². The highest BCUT2D eigenvalue weighted by Gasteiger charge is 2.15. The minimum atomic E-state index is -1.04. The van der Waals surface area contributed by atoms with Crippen LogP contribution in [0.4, 0.5) is 5.95 Å². The molecule has 3 aromatic rings. The molecule has 2 aromatic heterocycles. The van der Waals surface area contributed by atoms with Gasteiger partial charge >= 0.3 is 5.97 Å². The summed E-state index contributed by atoms with van der Waals surface area (Å²) in [5.41, 5.74) is 7.28. The van der Waals surface area contributed by atoms with Crippen LogP contribution in [0.1, 0.15) is 10.4 Å². The number of anilines is 1. The fourth-order valence-corrected chi connectivity index (χ4v) is 2.11. The Morgan fingerprint density at radius 3 is 2.65 bits per heavy atom. The Morgan fingerprint density at radius 1 is 1.30 bits per heavy atom. The van der Waals surface area contributed by atoms with Crippen molar-refractivity contribution >= 4 is 29.2 Å². The van der Waals surface area contributed by atoms with Crippen molar-refractivity contribution in [3.05, 3.63) is 47.1 Å². The number of pyridine rings is 1. The topological polar surface area (TPSA) is 93.5 Å². The smallest absolute Gasteiger partial charge is 0.336 e. The number of hydrogen-bond acceptors (Lipinski definition) is 4. The molecular formula is C13H9ClN4O2. The lowest BCUT2D eigenvalue weighted by molar-refractivity contribution is 0.0697. The molecule has 0 saturated carbocycles. The van der Waals surface area contributed by atoms with Crippen LogP contribution >= 0.6 is 11.6 Å². The van der Waals surface area contributed by atoms with Crippen molar-refractivity contribution in [1.29, 1.82) is 0 Å². The van der Waals surface area contributed by atoms with Crippen molar-refractivity contribution in [2.75, 3.05) is 5.73 Å². The number of aromatic nitrogens is 3. The van der Waals surface area contributed by atoms with Gasteiger partial charge in [0.15, 0.2) is 5.65 Å². The molecule has 0 radical (unpaired) electrons. The number of halogens is 1. The number of carboxylic acid groups (broad SMARTS) is 1. The molecule has 3 N–H and O–H groups in total. The molecule has 100 valence electrons. The lowest BCUT2D eigenvalue weighted by atomic mass is 10.0. The van der Waals surface area contributed by atoms with E-state index in [4.69, 9.17) is 17.3 Å². The molecule has 0 saturated heterocycles. The van der Waals surface area contributed by atoms with Gasteiger partial charge in [0.1, 0.15) is 0 Å². The number of nitrogens with two attached hydrogens (primary N) is 1. The Labute approximate surface area is 118 Å². The van der Waals surface area contributed by atoms with Crippen molar-refractivity contribution in [3.63, 3.8) is 0 Å². The first-order valence-corrected chi connectivity index (χ1v) is 6.07. The van der Waals surface area contributed by atoms with E-state index < -0.39 is 5.97 Å². The molecule has 0 aliphatic heterocycles. The van der Waals surface area contributed by atoms with Gasteiger partial charge in [-0.3, -0.25) is 0 Å². The highest BCUT2D eigenvalue weighted by molar-refractivity contribution is 6.30. The number of hydrogen-bond donors (Lipinski definition) is 2. The molecule has 0 spiro atoms. The van der Waals surface area contributed by atoms with Gasteiger partial charge in [0.05, 0.1) is 5.56 Å². The number of rotatable bonds is 2. The molecule has 0 amide bonds. The lowest BCUT2D eigenvalue weighted by Gasteiger charge is -2.07. The van der Waals surface area contributed by atoms with Gasteiger partial charge in [-0.2, -0.15) is 4.98 Å². The summed E-state index contributed by atoms with van der Waals surface area (Å²) in [6.45, 7) is 0.